The zero-order valence-corrected chi connectivity index (χ0v) is 16.8. The smallest absolute Gasteiger partial charge is 0.343 e. The van der Waals surface area contributed by atoms with Crippen molar-refractivity contribution in [3.05, 3.63) is 59.7 Å². The average Bonchev–Trinajstić information content (AvgIpc) is 2.70. The van der Waals surface area contributed by atoms with E-state index < -0.39 is 5.97 Å². The Kier molecular flexibility index (Phi) is 8.53. The van der Waals surface area contributed by atoms with Gasteiger partial charge >= 0.3 is 11.9 Å². The van der Waals surface area contributed by atoms with Crippen molar-refractivity contribution in [2.75, 3.05) is 13.2 Å². The summed E-state index contributed by atoms with van der Waals surface area (Å²) in [6.45, 7) is 7.13. The van der Waals surface area contributed by atoms with Crippen molar-refractivity contribution in [1.29, 1.82) is 0 Å². The SMILES string of the molecule is CCCCCOc1ccc(C(=O)Oc2ccc(C(=O)OCC(C)C)cc2)cc1. The van der Waals surface area contributed by atoms with Gasteiger partial charge in [-0.2, -0.15) is 0 Å². The van der Waals surface area contributed by atoms with Crippen molar-refractivity contribution in [2.24, 2.45) is 5.92 Å². The Hall–Kier alpha value is -2.82. The van der Waals surface area contributed by atoms with Gasteiger partial charge in [0.15, 0.2) is 0 Å². The predicted octanol–water partition coefficient (Wildman–Crippen LogP) is 5.29. The molecule has 0 unspecified atom stereocenters. The van der Waals surface area contributed by atoms with Crippen LogP contribution in [0.5, 0.6) is 11.5 Å². The summed E-state index contributed by atoms with van der Waals surface area (Å²) in [5, 5.41) is 0. The van der Waals surface area contributed by atoms with Crippen LogP contribution < -0.4 is 9.47 Å². The lowest BCUT2D eigenvalue weighted by Crippen LogP contribution is -2.11. The van der Waals surface area contributed by atoms with Gasteiger partial charge in [-0.3, -0.25) is 0 Å². The van der Waals surface area contributed by atoms with Crippen LogP contribution in [0.25, 0.3) is 0 Å². The van der Waals surface area contributed by atoms with Gasteiger partial charge in [-0.15, -0.1) is 0 Å². The standard InChI is InChI=1S/C23H28O5/c1-4-5-6-15-26-20-11-7-19(8-12-20)23(25)28-21-13-9-18(10-14-21)22(24)27-16-17(2)3/h7-14,17H,4-6,15-16H2,1-3H3. The van der Waals surface area contributed by atoms with Crippen molar-refractivity contribution in [3.8, 4) is 11.5 Å². The Morgan fingerprint density at radius 3 is 1.96 bits per heavy atom. The second kappa shape index (κ2) is 11.1. The number of ether oxygens (including phenoxy) is 3. The van der Waals surface area contributed by atoms with Crippen molar-refractivity contribution < 1.29 is 23.8 Å². The molecule has 5 nitrogen and oxygen atoms in total. The maximum absolute atomic E-state index is 12.3. The van der Waals surface area contributed by atoms with E-state index in [2.05, 4.69) is 6.92 Å². The molecule has 0 bridgehead atoms. The molecule has 0 fully saturated rings. The molecular formula is C23H28O5. The van der Waals surface area contributed by atoms with Crippen LogP contribution in [0.4, 0.5) is 0 Å². The van der Waals surface area contributed by atoms with E-state index in [4.69, 9.17) is 14.2 Å². The number of esters is 2. The third-order valence-corrected chi connectivity index (χ3v) is 3.95. The van der Waals surface area contributed by atoms with Crippen LogP contribution >= 0.6 is 0 Å². The highest BCUT2D eigenvalue weighted by Crippen LogP contribution is 2.17. The van der Waals surface area contributed by atoms with Gasteiger partial charge in [0.25, 0.3) is 0 Å². The number of hydrogen-bond donors (Lipinski definition) is 0. The first-order valence-electron chi connectivity index (χ1n) is 9.71. The normalized spacial score (nSPS) is 10.6. The van der Waals surface area contributed by atoms with Gasteiger partial charge in [0, 0.05) is 0 Å². The second-order valence-electron chi connectivity index (χ2n) is 6.99. The van der Waals surface area contributed by atoms with E-state index in [9.17, 15) is 9.59 Å². The van der Waals surface area contributed by atoms with Gasteiger partial charge in [0.1, 0.15) is 11.5 Å². The lowest BCUT2D eigenvalue weighted by atomic mass is 10.2. The van der Waals surface area contributed by atoms with E-state index in [0.29, 0.717) is 30.1 Å². The Labute approximate surface area is 166 Å². The zero-order valence-electron chi connectivity index (χ0n) is 16.8. The van der Waals surface area contributed by atoms with Crippen molar-refractivity contribution in [1.82, 2.24) is 0 Å². The molecule has 2 aromatic carbocycles. The summed E-state index contributed by atoms with van der Waals surface area (Å²) in [5.41, 5.74) is 0.853. The van der Waals surface area contributed by atoms with E-state index in [-0.39, 0.29) is 11.9 Å². The number of rotatable bonds is 10. The molecule has 0 aliphatic heterocycles. The van der Waals surface area contributed by atoms with Crippen LogP contribution in [-0.4, -0.2) is 25.2 Å². The molecule has 150 valence electrons. The van der Waals surface area contributed by atoms with E-state index in [1.165, 1.54) is 0 Å². The van der Waals surface area contributed by atoms with Crippen molar-refractivity contribution in [3.63, 3.8) is 0 Å². The minimum atomic E-state index is -0.465. The van der Waals surface area contributed by atoms with Crippen LogP contribution in [0.2, 0.25) is 0 Å². The summed E-state index contributed by atoms with van der Waals surface area (Å²) in [6, 6.07) is 13.2. The number of carbonyl (C=O) groups is 2. The fourth-order valence-electron chi connectivity index (χ4n) is 2.38. The molecule has 2 rings (SSSR count). The number of unbranched alkanes of at least 4 members (excludes halogenated alkanes) is 2. The molecule has 0 N–H and O–H groups in total. The molecule has 0 saturated carbocycles. The first-order valence-corrected chi connectivity index (χ1v) is 9.71. The van der Waals surface area contributed by atoms with Crippen molar-refractivity contribution >= 4 is 11.9 Å². The highest BCUT2D eigenvalue weighted by atomic mass is 16.5. The number of benzene rings is 2. The molecule has 0 aromatic heterocycles. The minimum Gasteiger partial charge on any atom is -0.494 e. The zero-order chi connectivity index (χ0) is 20.4. The highest BCUT2D eigenvalue weighted by Gasteiger charge is 2.11. The van der Waals surface area contributed by atoms with E-state index in [1.807, 2.05) is 13.8 Å². The maximum atomic E-state index is 12.3. The molecule has 0 aliphatic rings. The molecule has 0 amide bonds. The van der Waals surface area contributed by atoms with Gasteiger partial charge in [-0.05, 0) is 60.9 Å². The first-order chi connectivity index (χ1) is 13.5. The first kappa shape index (κ1) is 21.5. The molecule has 0 heterocycles. The molecule has 0 saturated heterocycles. The van der Waals surface area contributed by atoms with Crippen LogP contribution in [-0.2, 0) is 4.74 Å². The van der Waals surface area contributed by atoms with Gasteiger partial charge in [0.2, 0.25) is 0 Å². The number of carbonyl (C=O) groups excluding carboxylic acids is 2. The van der Waals surface area contributed by atoms with E-state index in [0.717, 1.165) is 25.0 Å². The quantitative estimate of drug-likeness (QED) is 0.316. The molecule has 0 atom stereocenters. The largest absolute Gasteiger partial charge is 0.494 e. The molecule has 0 radical (unpaired) electrons. The molecule has 5 heteroatoms. The summed E-state index contributed by atoms with van der Waals surface area (Å²) in [6.07, 6.45) is 3.30. The third kappa shape index (κ3) is 7.06. The molecular weight excluding hydrogens is 356 g/mol. The predicted molar refractivity (Wildman–Crippen MR) is 108 cm³/mol. The van der Waals surface area contributed by atoms with Crippen LogP contribution in [0.15, 0.2) is 48.5 Å². The maximum Gasteiger partial charge on any atom is 0.343 e. The van der Waals surface area contributed by atoms with Crippen LogP contribution in [0.1, 0.15) is 60.7 Å². The van der Waals surface area contributed by atoms with E-state index in [1.54, 1.807) is 48.5 Å². The molecule has 28 heavy (non-hydrogen) atoms. The van der Waals surface area contributed by atoms with Gasteiger partial charge in [0.05, 0.1) is 24.3 Å². The average molecular weight is 384 g/mol. The highest BCUT2D eigenvalue weighted by molar-refractivity contribution is 5.92. The fraction of sp³-hybridized carbons (Fsp3) is 0.391. The summed E-state index contributed by atoms with van der Waals surface area (Å²) in [5.74, 6) is 0.522. The second-order valence-corrected chi connectivity index (χ2v) is 6.99. The van der Waals surface area contributed by atoms with Crippen molar-refractivity contribution in [2.45, 2.75) is 40.0 Å². The number of hydrogen-bond acceptors (Lipinski definition) is 5. The van der Waals surface area contributed by atoms with Gasteiger partial charge in [-0.25, -0.2) is 9.59 Å². The van der Waals surface area contributed by atoms with Gasteiger partial charge < -0.3 is 14.2 Å². The minimum absolute atomic E-state index is 0.275. The van der Waals surface area contributed by atoms with E-state index >= 15 is 0 Å². The summed E-state index contributed by atoms with van der Waals surface area (Å²) in [7, 11) is 0. The van der Waals surface area contributed by atoms with Crippen LogP contribution in [0, 0.1) is 5.92 Å². The Morgan fingerprint density at radius 2 is 1.39 bits per heavy atom. The Balaban J connectivity index is 1.87. The van der Waals surface area contributed by atoms with Crippen LogP contribution in [0.3, 0.4) is 0 Å². The topological polar surface area (TPSA) is 61.8 Å². The summed E-state index contributed by atoms with van der Waals surface area (Å²) < 4.78 is 16.2. The Morgan fingerprint density at radius 1 is 0.821 bits per heavy atom. The Bertz CT molecular complexity index is 748. The lowest BCUT2D eigenvalue weighted by Gasteiger charge is -2.09. The molecule has 0 spiro atoms. The fourth-order valence-corrected chi connectivity index (χ4v) is 2.38. The third-order valence-electron chi connectivity index (χ3n) is 3.95. The summed E-state index contributed by atoms with van der Waals surface area (Å²) >= 11 is 0. The summed E-state index contributed by atoms with van der Waals surface area (Å²) in [4.78, 5) is 24.2. The molecule has 2 aromatic rings. The lowest BCUT2D eigenvalue weighted by molar-refractivity contribution is 0.0459. The van der Waals surface area contributed by atoms with Gasteiger partial charge in [-0.1, -0.05) is 33.6 Å². The monoisotopic (exact) mass is 384 g/mol. The molecule has 0 aliphatic carbocycles.